The van der Waals surface area contributed by atoms with Gasteiger partial charge in [0.15, 0.2) is 0 Å². The summed E-state index contributed by atoms with van der Waals surface area (Å²) in [5, 5.41) is 10.9. The first-order valence-corrected chi connectivity index (χ1v) is 9.26. The van der Waals surface area contributed by atoms with Crippen LogP contribution in [0, 0.1) is 6.92 Å². The van der Waals surface area contributed by atoms with Crippen LogP contribution in [0.25, 0.3) is 0 Å². The van der Waals surface area contributed by atoms with E-state index < -0.39 is 6.04 Å². The zero-order chi connectivity index (χ0) is 21.2. The highest BCUT2D eigenvalue weighted by molar-refractivity contribution is 5.93. The summed E-state index contributed by atoms with van der Waals surface area (Å²) in [5.41, 5.74) is 3.16. The van der Waals surface area contributed by atoms with E-state index in [9.17, 15) is 14.4 Å². The Labute approximate surface area is 170 Å². The van der Waals surface area contributed by atoms with Gasteiger partial charge in [-0.25, -0.2) is 4.79 Å². The molecule has 7 heteroatoms. The summed E-state index contributed by atoms with van der Waals surface area (Å²) < 4.78 is 0. The molecule has 0 bridgehead atoms. The first-order valence-electron chi connectivity index (χ1n) is 9.26. The van der Waals surface area contributed by atoms with Gasteiger partial charge in [-0.3, -0.25) is 9.59 Å². The molecule has 0 aliphatic heterocycles. The third-order valence-corrected chi connectivity index (χ3v) is 4.08. The summed E-state index contributed by atoms with van der Waals surface area (Å²) in [4.78, 5) is 35.6. The molecule has 4 amide bonds. The Bertz CT molecular complexity index is 861. The second-order valence-corrected chi connectivity index (χ2v) is 6.62. The fourth-order valence-corrected chi connectivity index (χ4v) is 2.67. The summed E-state index contributed by atoms with van der Waals surface area (Å²) in [6.07, 6.45) is 1.69. The fraction of sp³-hybridized carbons (Fsp3) is 0.227. The Kier molecular flexibility index (Phi) is 7.97. The predicted molar refractivity (Wildman–Crippen MR) is 115 cm³/mol. The number of carbonyl (C=O) groups is 3. The lowest BCUT2D eigenvalue weighted by atomic mass is 10.0. The first-order chi connectivity index (χ1) is 13.9. The van der Waals surface area contributed by atoms with Crippen LogP contribution in [-0.2, 0) is 9.59 Å². The van der Waals surface area contributed by atoms with Crippen molar-refractivity contribution in [2.75, 3.05) is 17.2 Å². The number of hydrogen-bond acceptors (Lipinski definition) is 3. The Morgan fingerprint density at radius 3 is 2.10 bits per heavy atom. The molecule has 2 rings (SSSR count). The van der Waals surface area contributed by atoms with Gasteiger partial charge in [0, 0.05) is 24.8 Å². The molecule has 29 heavy (non-hydrogen) atoms. The van der Waals surface area contributed by atoms with Crippen LogP contribution in [0.15, 0.2) is 61.2 Å². The molecule has 7 nitrogen and oxygen atoms in total. The lowest BCUT2D eigenvalue weighted by molar-refractivity contribution is -0.120. The van der Waals surface area contributed by atoms with Crippen molar-refractivity contribution >= 4 is 29.2 Å². The van der Waals surface area contributed by atoms with E-state index in [1.807, 2.05) is 31.2 Å². The van der Waals surface area contributed by atoms with Crippen molar-refractivity contribution in [3.8, 4) is 0 Å². The average Bonchev–Trinajstić information content (AvgIpc) is 2.67. The third kappa shape index (κ3) is 7.50. The number of aryl methyl sites for hydroxylation is 1. The van der Waals surface area contributed by atoms with Crippen LogP contribution >= 0.6 is 0 Å². The zero-order valence-electron chi connectivity index (χ0n) is 16.6. The van der Waals surface area contributed by atoms with Gasteiger partial charge in [-0.2, -0.15) is 0 Å². The third-order valence-electron chi connectivity index (χ3n) is 4.08. The summed E-state index contributed by atoms with van der Waals surface area (Å²) in [6.45, 7) is 7.31. The molecule has 1 unspecified atom stereocenters. The van der Waals surface area contributed by atoms with Crippen molar-refractivity contribution in [2.24, 2.45) is 0 Å². The average molecular weight is 394 g/mol. The molecule has 4 N–H and O–H groups in total. The van der Waals surface area contributed by atoms with E-state index in [1.165, 1.54) is 6.92 Å². The zero-order valence-corrected chi connectivity index (χ0v) is 16.6. The van der Waals surface area contributed by atoms with E-state index >= 15 is 0 Å². The maximum Gasteiger partial charge on any atom is 0.319 e. The lowest BCUT2D eigenvalue weighted by Crippen LogP contribution is -2.29. The van der Waals surface area contributed by atoms with Gasteiger partial charge in [-0.05, 0) is 36.8 Å². The van der Waals surface area contributed by atoms with E-state index in [0.29, 0.717) is 17.9 Å². The topological polar surface area (TPSA) is 99.3 Å². The molecule has 0 aliphatic rings. The highest BCUT2D eigenvalue weighted by atomic mass is 16.2. The smallest absolute Gasteiger partial charge is 0.319 e. The van der Waals surface area contributed by atoms with Gasteiger partial charge in [-0.15, -0.1) is 6.58 Å². The van der Waals surface area contributed by atoms with Crippen LogP contribution in [0.1, 0.15) is 30.5 Å². The normalized spacial score (nSPS) is 11.1. The Balaban J connectivity index is 1.96. The maximum absolute atomic E-state index is 12.5. The molecule has 0 spiro atoms. The maximum atomic E-state index is 12.5. The van der Waals surface area contributed by atoms with E-state index in [2.05, 4.69) is 27.8 Å². The number of hydrogen-bond donors (Lipinski definition) is 4. The van der Waals surface area contributed by atoms with Crippen LogP contribution < -0.4 is 21.3 Å². The lowest BCUT2D eigenvalue weighted by Gasteiger charge is -2.18. The van der Waals surface area contributed by atoms with Crippen LogP contribution in [0.2, 0.25) is 0 Å². The van der Waals surface area contributed by atoms with Crippen LogP contribution in [0.4, 0.5) is 16.2 Å². The molecule has 152 valence electrons. The highest BCUT2D eigenvalue weighted by Crippen LogP contribution is 2.19. The van der Waals surface area contributed by atoms with Crippen molar-refractivity contribution in [1.82, 2.24) is 10.6 Å². The molecular formula is C22H26N4O3. The Hall–Kier alpha value is -3.61. The number of benzene rings is 2. The van der Waals surface area contributed by atoms with Gasteiger partial charge >= 0.3 is 6.03 Å². The molecular weight excluding hydrogens is 368 g/mol. The molecule has 0 saturated carbocycles. The minimum atomic E-state index is -0.414. The predicted octanol–water partition coefficient (Wildman–Crippen LogP) is 3.51. The van der Waals surface area contributed by atoms with Crippen LogP contribution in [-0.4, -0.2) is 24.4 Å². The monoisotopic (exact) mass is 394 g/mol. The Morgan fingerprint density at radius 2 is 1.55 bits per heavy atom. The molecule has 0 aromatic heterocycles. The van der Waals surface area contributed by atoms with Gasteiger partial charge in [0.1, 0.15) is 0 Å². The van der Waals surface area contributed by atoms with Gasteiger partial charge in [0.25, 0.3) is 0 Å². The van der Waals surface area contributed by atoms with Gasteiger partial charge in [0.2, 0.25) is 11.8 Å². The molecule has 0 fully saturated rings. The van der Waals surface area contributed by atoms with E-state index in [1.54, 1.807) is 30.3 Å². The second kappa shape index (κ2) is 10.7. The number of urea groups is 1. The molecule has 0 radical (unpaired) electrons. The van der Waals surface area contributed by atoms with Crippen molar-refractivity contribution < 1.29 is 14.4 Å². The summed E-state index contributed by atoms with van der Waals surface area (Å²) in [6, 6.07) is 13.7. The van der Waals surface area contributed by atoms with Crippen LogP contribution in [0.3, 0.4) is 0 Å². The van der Waals surface area contributed by atoms with Gasteiger partial charge in [0.05, 0.1) is 12.5 Å². The highest BCUT2D eigenvalue weighted by Gasteiger charge is 2.17. The van der Waals surface area contributed by atoms with Crippen molar-refractivity contribution in [2.45, 2.75) is 26.3 Å². The standard InChI is InChI=1S/C22H26N4O3/c1-4-13-23-22(29)26-19-11-9-18(10-12-19)25-21(28)14-20(24-16(3)27)17-7-5-15(2)6-8-17/h4-12,20H,1,13-14H2,2-3H3,(H,24,27)(H,25,28)(H2,23,26,29). The van der Waals surface area contributed by atoms with E-state index in [4.69, 9.17) is 0 Å². The van der Waals surface area contributed by atoms with E-state index in [0.717, 1.165) is 11.1 Å². The van der Waals surface area contributed by atoms with Gasteiger partial charge < -0.3 is 21.3 Å². The number of anilines is 2. The minimum absolute atomic E-state index is 0.104. The first kappa shape index (κ1) is 21.7. The molecule has 2 aromatic rings. The minimum Gasteiger partial charge on any atom is -0.349 e. The molecule has 0 saturated heterocycles. The molecule has 2 aromatic carbocycles. The van der Waals surface area contributed by atoms with Crippen molar-refractivity contribution in [3.63, 3.8) is 0 Å². The van der Waals surface area contributed by atoms with Gasteiger partial charge in [-0.1, -0.05) is 35.9 Å². The Morgan fingerprint density at radius 1 is 0.966 bits per heavy atom. The van der Waals surface area contributed by atoms with Crippen LogP contribution in [0.5, 0.6) is 0 Å². The quantitative estimate of drug-likeness (QED) is 0.516. The fourth-order valence-electron chi connectivity index (χ4n) is 2.67. The summed E-state index contributed by atoms with van der Waals surface area (Å²) in [5.74, 6) is -0.428. The summed E-state index contributed by atoms with van der Waals surface area (Å²) in [7, 11) is 0. The number of amides is 4. The number of nitrogens with one attached hydrogen (secondary N) is 4. The van der Waals surface area contributed by atoms with E-state index in [-0.39, 0.29) is 24.3 Å². The molecule has 1 atom stereocenters. The summed E-state index contributed by atoms with van der Waals surface area (Å²) >= 11 is 0. The largest absolute Gasteiger partial charge is 0.349 e. The molecule has 0 aliphatic carbocycles. The number of carbonyl (C=O) groups excluding carboxylic acids is 3. The second-order valence-electron chi connectivity index (χ2n) is 6.62. The SMILES string of the molecule is C=CCNC(=O)Nc1ccc(NC(=O)CC(NC(C)=O)c2ccc(C)cc2)cc1. The molecule has 0 heterocycles. The van der Waals surface area contributed by atoms with Crippen molar-refractivity contribution in [1.29, 1.82) is 0 Å². The number of rotatable bonds is 8. The van der Waals surface area contributed by atoms with Crippen molar-refractivity contribution in [3.05, 3.63) is 72.3 Å².